The summed E-state index contributed by atoms with van der Waals surface area (Å²) in [5.41, 5.74) is 0.898. The first-order valence-electron chi connectivity index (χ1n) is 11.1. The summed E-state index contributed by atoms with van der Waals surface area (Å²) >= 11 is 6.46. The number of urea groups is 1. The Morgan fingerprint density at radius 3 is 2.62 bits per heavy atom. The van der Waals surface area contributed by atoms with E-state index >= 15 is 0 Å². The monoisotopic (exact) mass is 486 g/mol. The molecule has 1 saturated carbocycles. The maximum Gasteiger partial charge on any atom is 0.331 e. The Balaban J connectivity index is 1.62. The second kappa shape index (κ2) is 10.3. The average Bonchev–Trinajstić information content (AvgIpc) is 3.30. The number of halogens is 2. The summed E-state index contributed by atoms with van der Waals surface area (Å²) in [6, 6.07) is 8.24. The van der Waals surface area contributed by atoms with Gasteiger partial charge in [-0.15, -0.1) is 0 Å². The smallest absolute Gasteiger partial charge is 0.331 e. The van der Waals surface area contributed by atoms with E-state index < -0.39 is 17.8 Å². The lowest BCUT2D eigenvalue weighted by atomic mass is 10.0. The SMILES string of the molecule is CCOc1cc(/C=C2\C(=O)NC(=O)N(C3CCCC3)C2=O)cc(Cl)c1OCc1cccc(F)c1. The minimum atomic E-state index is -0.759. The first-order valence-corrected chi connectivity index (χ1v) is 11.5. The number of carbonyl (C=O) groups excluding carboxylic acids is 3. The molecule has 1 saturated heterocycles. The summed E-state index contributed by atoms with van der Waals surface area (Å²) in [4.78, 5) is 39.0. The van der Waals surface area contributed by atoms with E-state index in [1.165, 1.54) is 24.3 Å². The molecule has 0 radical (unpaired) electrons. The van der Waals surface area contributed by atoms with E-state index in [1.54, 1.807) is 25.1 Å². The summed E-state index contributed by atoms with van der Waals surface area (Å²) < 4.78 is 24.9. The van der Waals surface area contributed by atoms with E-state index in [-0.39, 0.29) is 34.8 Å². The van der Waals surface area contributed by atoms with Crippen LogP contribution in [-0.2, 0) is 16.2 Å². The lowest BCUT2D eigenvalue weighted by Gasteiger charge is -2.31. The fourth-order valence-corrected chi connectivity index (χ4v) is 4.46. The lowest BCUT2D eigenvalue weighted by molar-refractivity contribution is -0.131. The maximum atomic E-state index is 13.5. The summed E-state index contributed by atoms with van der Waals surface area (Å²) in [5.74, 6) is -1.19. The van der Waals surface area contributed by atoms with Crippen LogP contribution in [0.5, 0.6) is 11.5 Å². The third-order valence-corrected chi connectivity index (χ3v) is 6.02. The molecule has 178 valence electrons. The van der Waals surface area contributed by atoms with Gasteiger partial charge in [0.15, 0.2) is 11.5 Å². The van der Waals surface area contributed by atoms with E-state index in [0.29, 0.717) is 23.5 Å². The highest BCUT2D eigenvalue weighted by atomic mass is 35.5. The number of barbiturate groups is 1. The second-order valence-electron chi connectivity index (χ2n) is 8.11. The second-order valence-corrected chi connectivity index (χ2v) is 8.52. The Labute approximate surface area is 201 Å². The van der Waals surface area contributed by atoms with Crippen LogP contribution >= 0.6 is 11.6 Å². The molecular formula is C25H24ClFN2O5. The number of hydrogen-bond acceptors (Lipinski definition) is 5. The normalized spacial score (nSPS) is 17.9. The number of hydrogen-bond donors (Lipinski definition) is 1. The number of amides is 4. The van der Waals surface area contributed by atoms with Crippen LogP contribution in [0.25, 0.3) is 6.08 Å². The van der Waals surface area contributed by atoms with Gasteiger partial charge >= 0.3 is 6.03 Å². The number of rotatable bonds is 7. The van der Waals surface area contributed by atoms with Crippen LogP contribution in [0.2, 0.25) is 5.02 Å². The van der Waals surface area contributed by atoms with E-state index in [9.17, 15) is 18.8 Å². The Hall–Kier alpha value is -3.39. The molecular weight excluding hydrogens is 463 g/mol. The summed E-state index contributed by atoms with van der Waals surface area (Å²) in [5, 5.41) is 2.45. The molecule has 2 aromatic carbocycles. The van der Waals surface area contributed by atoms with E-state index in [0.717, 1.165) is 30.6 Å². The van der Waals surface area contributed by atoms with Gasteiger partial charge in [0.25, 0.3) is 11.8 Å². The molecule has 1 N–H and O–H groups in total. The number of benzene rings is 2. The van der Waals surface area contributed by atoms with Crippen molar-refractivity contribution in [3.8, 4) is 11.5 Å². The van der Waals surface area contributed by atoms with Crippen LogP contribution < -0.4 is 14.8 Å². The molecule has 0 spiro atoms. The highest BCUT2D eigenvalue weighted by molar-refractivity contribution is 6.33. The zero-order valence-electron chi connectivity index (χ0n) is 18.6. The first kappa shape index (κ1) is 23.8. The zero-order valence-corrected chi connectivity index (χ0v) is 19.4. The Kier molecular flexibility index (Phi) is 7.17. The van der Waals surface area contributed by atoms with Crippen molar-refractivity contribution in [1.82, 2.24) is 10.2 Å². The molecule has 0 aromatic heterocycles. The lowest BCUT2D eigenvalue weighted by Crippen LogP contribution is -2.57. The van der Waals surface area contributed by atoms with E-state index in [4.69, 9.17) is 21.1 Å². The van der Waals surface area contributed by atoms with Gasteiger partial charge in [-0.05, 0) is 61.2 Å². The Morgan fingerprint density at radius 1 is 1.15 bits per heavy atom. The molecule has 7 nitrogen and oxygen atoms in total. The van der Waals surface area contributed by atoms with Crippen molar-refractivity contribution in [2.75, 3.05) is 6.61 Å². The van der Waals surface area contributed by atoms with Crippen LogP contribution in [0, 0.1) is 5.82 Å². The highest BCUT2D eigenvalue weighted by Crippen LogP contribution is 2.38. The fraction of sp³-hybridized carbons (Fsp3) is 0.320. The number of carbonyl (C=O) groups is 3. The quantitative estimate of drug-likeness (QED) is 0.446. The van der Waals surface area contributed by atoms with Crippen molar-refractivity contribution in [2.45, 2.75) is 45.3 Å². The summed E-state index contributed by atoms with van der Waals surface area (Å²) in [7, 11) is 0. The van der Waals surface area contributed by atoms with Gasteiger partial charge in [0, 0.05) is 6.04 Å². The van der Waals surface area contributed by atoms with Gasteiger partial charge in [-0.3, -0.25) is 19.8 Å². The third kappa shape index (κ3) is 5.07. The molecule has 2 fully saturated rings. The molecule has 1 aliphatic heterocycles. The number of nitrogens with zero attached hydrogens (tertiary/aromatic N) is 1. The van der Waals surface area contributed by atoms with E-state index in [1.807, 2.05) is 0 Å². The standard InChI is InChI=1S/C25H24ClFN2O5/c1-2-33-21-13-16(12-20(26)22(21)34-14-15-6-5-7-17(27)10-15)11-19-23(30)28-25(32)29(24(19)31)18-8-3-4-9-18/h5-7,10-13,18H,2-4,8-9,14H2,1H3,(H,28,30,32)/b19-11+. The zero-order chi connectivity index (χ0) is 24.2. The van der Waals surface area contributed by atoms with Gasteiger partial charge in [0.2, 0.25) is 0 Å². The van der Waals surface area contributed by atoms with Crippen LogP contribution in [0.1, 0.15) is 43.7 Å². The third-order valence-electron chi connectivity index (χ3n) is 5.74. The molecule has 1 aliphatic carbocycles. The number of ether oxygens (including phenoxy) is 2. The molecule has 1 heterocycles. The van der Waals surface area contributed by atoms with Crippen molar-refractivity contribution >= 4 is 35.5 Å². The topological polar surface area (TPSA) is 84.9 Å². The molecule has 0 bridgehead atoms. The number of imide groups is 2. The van der Waals surface area contributed by atoms with Crippen molar-refractivity contribution in [3.63, 3.8) is 0 Å². The number of nitrogens with one attached hydrogen (secondary N) is 1. The van der Waals surface area contributed by atoms with Gasteiger partial charge in [-0.1, -0.05) is 36.6 Å². The van der Waals surface area contributed by atoms with Gasteiger partial charge in [-0.2, -0.15) is 0 Å². The Morgan fingerprint density at radius 2 is 1.91 bits per heavy atom. The van der Waals surface area contributed by atoms with Crippen molar-refractivity contribution in [1.29, 1.82) is 0 Å². The van der Waals surface area contributed by atoms with Gasteiger partial charge < -0.3 is 9.47 Å². The predicted molar refractivity (Wildman–Crippen MR) is 124 cm³/mol. The maximum absolute atomic E-state index is 13.5. The Bertz CT molecular complexity index is 1160. The van der Waals surface area contributed by atoms with Crippen molar-refractivity contribution < 1.29 is 28.2 Å². The molecule has 2 aromatic rings. The van der Waals surface area contributed by atoms with Crippen LogP contribution in [0.3, 0.4) is 0 Å². The first-order chi connectivity index (χ1) is 16.4. The molecule has 0 atom stereocenters. The minimum absolute atomic E-state index is 0.0668. The van der Waals surface area contributed by atoms with Gasteiger partial charge in [0.1, 0.15) is 18.0 Å². The molecule has 9 heteroatoms. The molecule has 4 rings (SSSR count). The van der Waals surface area contributed by atoms with Crippen LogP contribution in [0.15, 0.2) is 42.0 Å². The molecule has 2 aliphatic rings. The molecule has 4 amide bonds. The van der Waals surface area contributed by atoms with Crippen molar-refractivity contribution in [3.05, 3.63) is 63.9 Å². The van der Waals surface area contributed by atoms with Gasteiger partial charge in [-0.25, -0.2) is 9.18 Å². The van der Waals surface area contributed by atoms with Crippen LogP contribution in [0.4, 0.5) is 9.18 Å². The summed E-state index contributed by atoms with van der Waals surface area (Å²) in [6.07, 6.45) is 4.69. The molecule has 0 unspecified atom stereocenters. The minimum Gasteiger partial charge on any atom is -0.490 e. The van der Waals surface area contributed by atoms with Gasteiger partial charge in [0.05, 0.1) is 11.6 Å². The van der Waals surface area contributed by atoms with E-state index in [2.05, 4.69) is 5.32 Å². The average molecular weight is 487 g/mol. The fourth-order valence-electron chi connectivity index (χ4n) is 4.19. The van der Waals surface area contributed by atoms with Crippen molar-refractivity contribution in [2.24, 2.45) is 0 Å². The summed E-state index contributed by atoms with van der Waals surface area (Å²) in [6.45, 7) is 2.17. The predicted octanol–water partition coefficient (Wildman–Crippen LogP) is 4.86. The van der Waals surface area contributed by atoms with Crippen LogP contribution in [-0.4, -0.2) is 35.4 Å². The highest BCUT2D eigenvalue weighted by Gasteiger charge is 2.40. The molecule has 34 heavy (non-hydrogen) atoms. The largest absolute Gasteiger partial charge is 0.490 e.